The van der Waals surface area contributed by atoms with Crippen molar-refractivity contribution in [2.45, 2.75) is 64.8 Å². The topological polar surface area (TPSA) is 58.6 Å². The first kappa shape index (κ1) is 18.2. The van der Waals surface area contributed by atoms with Crippen LogP contribution in [0.5, 0.6) is 0 Å². The molecule has 2 rings (SSSR count). The van der Waals surface area contributed by atoms with E-state index in [0.29, 0.717) is 31.2 Å². The first-order valence-corrected chi connectivity index (χ1v) is 9.19. The second kappa shape index (κ2) is 9.26. The number of carbonyl (C=O) groups excluding carboxylic acids is 2. The molecule has 0 aliphatic carbocycles. The van der Waals surface area contributed by atoms with Gasteiger partial charge in [0.2, 0.25) is 11.8 Å². The predicted molar refractivity (Wildman–Crippen MR) is 90.0 cm³/mol. The molecule has 2 fully saturated rings. The number of amides is 2. The summed E-state index contributed by atoms with van der Waals surface area (Å²) in [6, 6.07) is 0.139. The molecule has 5 heteroatoms. The normalized spacial score (nSPS) is 24.4. The molecule has 0 bridgehead atoms. The van der Waals surface area contributed by atoms with E-state index in [4.69, 9.17) is 4.74 Å². The zero-order valence-corrected chi connectivity index (χ0v) is 14.7. The van der Waals surface area contributed by atoms with Crippen LogP contribution in [-0.4, -0.2) is 49.1 Å². The summed E-state index contributed by atoms with van der Waals surface area (Å²) < 4.78 is 5.35. The van der Waals surface area contributed by atoms with Crippen molar-refractivity contribution in [3.8, 4) is 0 Å². The number of nitrogens with one attached hydrogen (secondary N) is 1. The molecular formula is C18H32N2O3. The van der Waals surface area contributed by atoms with Gasteiger partial charge < -0.3 is 15.0 Å². The number of rotatable bonds is 8. The van der Waals surface area contributed by atoms with Crippen molar-refractivity contribution in [2.24, 2.45) is 11.8 Å². The van der Waals surface area contributed by atoms with Gasteiger partial charge in [0.1, 0.15) is 0 Å². The zero-order valence-electron chi connectivity index (χ0n) is 14.7. The van der Waals surface area contributed by atoms with Crippen molar-refractivity contribution < 1.29 is 14.3 Å². The van der Waals surface area contributed by atoms with E-state index in [1.54, 1.807) is 0 Å². The van der Waals surface area contributed by atoms with Crippen molar-refractivity contribution in [3.63, 3.8) is 0 Å². The van der Waals surface area contributed by atoms with Crippen LogP contribution in [-0.2, 0) is 14.3 Å². The third-order valence-corrected chi connectivity index (χ3v) is 4.88. The minimum atomic E-state index is 0.132. The lowest BCUT2D eigenvalue weighted by Gasteiger charge is -2.18. The van der Waals surface area contributed by atoms with Crippen molar-refractivity contribution in [2.75, 3.05) is 26.3 Å². The summed E-state index contributed by atoms with van der Waals surface area (Å²) in [7, 11) is 0. The highest BCUT2D eigenvalue weighted by atomic mass is 16.5. The minimum Gasteiger partial charge on any atom is -0.381 e. The summed E-state index contributed by atoms with van der Waals surface area (Å²) in [5.74, 6) is 1.56. The van der Waals surface area contributed by atoms with Gasteiger partial charge in [0, 0.05) is 45.2 Å². The fourth-order valence-corrected chi connectivity index (χ4v) is 3.37. The third kappa shape index (κ3) is 6.50. The fraction of sp³-hybridized carbons (Fsp3) is 0.889. The van der Waals surface area contributed by atoms with Gasteiger partial charge in [0.25, 0.3) is 0 Å². The Kier molecular flexibility index (Phi) is 7.34. The van der Waals surface area contributed by atoms with Crippen LogP contribution in [0.3, 0.4) is 0 Å². The molecule has 0 aromatic rings. The average Bonchev–Trinajstić information content (AvgIpc) is 3.15. The van der Waals surface area contributed by atoms with E-state index >= 15 is 0 Å². The molecule has 0 aromatic heterocycles. The Labute approximate surface area is 140 Å². The quantitative estimate of drug-likeness (QED) is 0.745. The number of hydrogen-bond donors (Lipinski definition) is 1. The predicted octanol–water partition coefficient (Wildman–Crippen LogP) is 2.35. The Bertz CT molecular complexity index is 392. The van der Waals surface area contributed by atoms with Gasteiger partial charge in [-0.3, -0.25) is 9.59 Å². The number of likely N-dealkylation sites (tertiary alicyclic amines) is 1. The maximum Gasteiger partial charge on any atom is 0.222 e. The molecule has 1 unspecified atom stereocenters. The van der Waals surface area contributed by atoms with E-state index in [-0.39, 0.29) is 17.9 Å². The van der Waals surface area contributed by atoms with Crippen LogP contribution in [0, 0.1) is 11.8 Å². The van der Waals surface area contributed by atoms with E-state index in [2.05, 4.69) is 19.2 Å². The van der Waals surface area contributed by atoms with Gasteiger partial charge in [0.05, 0.1) is 0 Å². The summed E-state index contributed by atoms with van der Waals surface area (Å²) in [5.41, 5.74) is 0. The molecule has 2 atom stereocenters. The van der Waals surface area contributed by atoms with Crippen molar-refractivity contribution in [1.82, 2.24) is 10.2 Å². The zero-order chi connectivity index (χ0) is 16.7. The van der Waals surface area contributed by atoms with Gasteiger partial charge in [-0.25, -0.2) is 0 Å². The minimum absolute atomic E-state index is 0.132. The number of nitrogens with zero attached hydrogens (tertiary/aromatic N) is 1. The molecule has 0 spiro atoms. The van der Waals surface area contributed by atoms with Crippen LogP contribution >= 0.6 is 0 Å². The Balaban J connectivity index is 1.60. The third-order valence-electron chi connectivity index (χ3n) is 4.88. The number of ether oxygens (including phenoxy) is 1. The van der Waals surface area contributed by atoms with E-state index < -0.39 is 0 Å². The molecule has 2 heterocycles. The lowest BCUT2D eigenvalue weighted by atomic mass is 10.0. The second-order valence-electron chi connectivity index (χ2n) is 7.45. The number of carbonyl (C=O) groups is 2. The van der Waals surface area contributed by atoms with Crippen LogP contribution < -0.4 is 5.32 Å². The maximum absolute atomic E-state index is 12.3. The van der Waals surface area contributed by atoms with Crippen molar-refractivity contribution in [3.05, 3.63) is 0 Å². The summed E-state index contributed by atoms with van der Waals surface area (Å²) in [6.45, 7) is 7.45. The van der Waals surface area contributed by atoms with E-state index in [1.165, 1.54) is 0 Å². The first-order chi connectivity index (χ1) is 11.0. The molecule has 2 saturated heterocycles. The van der Waals surface area contributed by atoms with E-state index in [9.17, 15) is 9.59 Å². The Morgan fingerprint density at radius 2 is 2.09 bits per heavy atom. The van der Waals surface area contributed by atoms with Crippen LogP contribution in [0.2, 0.25) is 0 Å². The van der Waals surface area contributed by atoms with Gasteiger partial charge in [-0.1, -0.05) is 20.3 Å². The van der Waals surface area contributed by atoms with Crippen LogP contribution in [0.4, 0.5) is 0 Å². The standard InChI is InChI=1S/C18H32N2O3/c1-14(2)4-3-5-17(21)19-16-8-10-20(12-16)18(22)7-6-15-9-11-23-13-15/h14-16H,3-13H2,1-2H3,(H,19,21)/t15?,16-/m1/s1. The fourth-order valence-electron chi connectivity index (χ4n) is 3.37. The van der Waals surface area contributed by atoms with Gasteiger partial charge >= 0.3 is 0 Å². The lowest BCUT2D eigenvalue weighted by Crippen LogP contribution is -2.38. The molecular weight excluding hydrogens is 292 g/mol. The number of hydrogen-bond acceptors (Lipinski definition) is 3. The summed E-state index contributed by atoms with van der Waals surface area (Å²) in [4.78, 5) is 26.1. The highest BCUT2D eigenvalue weighted by molar-refractivity contribution is 5.78. The Hall–Kier alpha value is -1.10. The van der Waals surface area contributed by atoms with E-state index in [0.717, 1.165) is 51.9 Å². The highest BCUT2D eigenvalue weighted by Gasteiger charge is 2.27. The lowest BCUT2D eigenvalue weighted by molar-refractivity contribution is -0.131. The molecule has 2 amide bonds. The Morgan fingerprint density at radius 3 is 2.78 bits per heavy atom. The molecule has 23 heavy (non-hydrogen) atoms. The molecule has 0 aromatic carbocycles. The summed E-state index contributed by atoms with van der Waals surface area (Å²) in [6.07, 6.45) is 6.15. The molecule has 2 aliphatic heterocycles. The highest BCUT2D eigenvalue weighted by Crippen LogP contribution is 2.20. The molecule has 0 radical (unpaired) electrons. The monoisotopic (exact) mass is 324 g/mol. The molecule has 2 aliphatic rings. The van der Waals surface area contributed by atoms with Gasteiger partial charge in [-0.2, -0.15) is 0 Å². The van der Waals surface area contributed by atoms with Gasteiger partial charge in [-0.15, -0.1) is 0 Å². The Morgan fingerprint density at radius 1 is 1.26 bits per heavy atom. The summed E-state index contributed by atoms with van der Waals surface area (Å²) in [5, 5.41) is 3.08. The SMILES string of the molecule is CC(C)CCCC(=O)N[C@@H]1CCN(C(=O)CCC2CCOC2)C1. The first-order valence-electron chi connectivity index (χ1n) is 9.19. The van der Waals surface area contributed by atoms with Crippen molar-refractivity contribution in [1.29, 1.82) is 0 Å². The molecule has 5 nitrogen and oxygen atoms in total. The van der Waals surface area contributed by atoms with Crippen LogP contribution in [0.25, 0.3) is 0 Å². The van der Waals surface area contributed by atoms with E-state index in [1.807, 2.05) is 4.90 Å². The molecule has 1 N–H and O–H groups in total. The average molecular weight is 324 g/mol. The smallest absolute Gasteiger partial charge is 0.222 e. The largest absolute Gasteiger partial charge is 0.381 e. The maximum atomic E-state index is 12.3. The van der Waals surface area contributed by atoms with Gasteiger partial charge in [-0.05, 0) is 37.5 Å². The van der Waals surface area contributed by atoms with Crippen LogP contribution in [0.15, 0.2) is 0 Å². The summed E-state index contributed by atoms with van der Waals surface area (Å²) >= 11 is 0. The van der Waals surface area contributed by atoms with Gasteiger partial charge in [0.15, 0.2) is 0 Å². The second-order valence-corrected chi connectivity index (χ2v) is 7.45. The molecule has 132 valence electrons. The van der Waals surface area contributed by atoms with Crippen LogP contribution in [0.1, 0.15) is 58.8 Å². The van der Waals surface area contributed by atoms with Crippen molar-refractivity contribution >= 4 is 11.8 Å². The molecule has 0 saturated carbocycles.